The van der Waals surface area contributed by atoms with E-state index in [1.165, 1.54) is 62.4 Å². The number of anilines is 1. The molecule has 3 aromatic carbocycles. The molecule has 2 N–H and O–H groups in total. The number of carbonyl (C=O) groups excluding carboxylic acids is 1. The van der Waals surface area contributed by atoms with Gasteiger partial charge in [-0.15, -0.1) is 10.2 Å². The highest BCUT2D eigenvalue weighted by atomic mass is 19.4. The van der Waals surface area contributed by atoms with E-state index in [2.05, 4.69) is 101 Å². The predicted octanol–water partition coefficient (Wildman–Crippen LogP) is 8.25. The highest BCUT2D eigenvalue weighted by molar-refractivity contribution is 5.89. The van der Waals surface area contributed by atoms with Gasteiger partial charge < -0.3 is 25.2 Å². The molecule has 10 nitrogen and oxygen atoms in total. The van der Waals surface area contributed by atoms with Gasteiger partial charge in [-0.25, -0.2) is 4.79 Å². The van der Waals surface area contributed by atoms with E-state index in [1.807, 2.05) is 47.0 Å². The van der Waals surface area contributed by atoms with Crippen molar-refractivity contribution in [1.82, 2.24) is 19.8 Å². The van der Waals surface area contributed by atoms with E-state index in [0.29, 0.717) is 11.5 Å². The van der Waals surface area contributed by atoms with Crippen molar-refractivity contribution in [2.24, 2.45) is 5.73 Å². The molecule has 13 heteroatoms. The van der Waals surface area contributed by atoms with Crippen LogP contribution in [0.2, 0.25) is 0 Å². The standard InChI is InChI=1S/C39H43N5O.C7H10F3NO3/c1-5-6-7-8-9-19-28-43-33-25-16-15-24-32(33)39(2,3)35(43)27-18-14-23-31-36(29-20-11-10-12-21-29)42-44-37(40-41-38(31)44)30-22-13-17-26-34(30)45-4;1-2-14-6(13)4(3-11)5(12)7(8,9)10/h10-18,20-27H,5-9,19,28H2,1-4H3;12H,2-3,11H2,1H3/p-1/b18-14+,31-23-,35-27+;5-4-. The number of methoxy groups -OCH3 is 1. The lowest BCUT2D eigenvalue weighted by Crippen LogP contribution is -2.31. The van der Waals surface area contributed by atoms with E-state index in [4.69, 9.17) is 15.6 Å². The summed E-state index contributed by atoms with van der Waals surface area (Å²) in [6, 6.07) is 27.0. The Morgan fingerprint density at radius 2 is 1.54 bits per heavy atom. The van der Waals surface area contributed by atoms with Crippen LogP contribution in [-0.4, -0.2) is 58.8 Å². The summed E-state index contributed by atoms with van der Waals surface area (Å²) in [4.78, 5) is 13.3. The molecule has 5 aromatic rings. The molecule has 0 saturated heterocycles. The summed E-state index contributed by atoms with van der Waals surface area (Å²) in [6.45, 7) is 8.48. The molecule has 312 valence electrons. The van der Waals surface area contributed by atoms with Crippen molar-refractivity contribution in [1.29, 1.82) is 0 Å². The number of fused-ring (bicyclic) bond motifs is 2. The average molecular weight is 810 g/mol. The number of hydrogen-bond acceptors (Lipinski definition) is 9. The summed E-state index contributed by atoms with van der Waals surface area (Å²) in [5.74, 6) is -2.18. The van der Waals surface area contributed by atoms with Crippen LogP contribution in [0.4, 0.5) is 18.9 Å². The Hall–Kier alpha value is -5.95. The minimum Gasteiger partial charge on any atom is -0.869 e. The van der Waals surface area contributed by atoms with Gasteiger partial charge in [-0.2, -0.15) is 22.8 Å². The van der Waals surface area contributed by atoms with E-state index in [1.54, 1.807) is 7.11 Å². The molecule has 1 aliphatic heterocycles. The van der Waals surface area contributed by atoms with Gasteiger partial charge in [0.2, 0.25) is 0 Å². The second-order valence-corrected chi connectivity index (χ2v) is 14.5. The molecule has 0 aliphatic carbocycles. The molecule has 0 atom stereocenters. The van der Waals surface area contributed by atoms with Gasteiger partial charge in [0.15, 0.2) is 11.5 Å². The SMILES string of the molecule is CCCCCCCCN1/C(=C/C=C/C=c2/c(-c3ccccc3)nn3c(-c4ccccc4OC)nnc23)C(C)(C)c2ccccc21.CCOC(=O)/C(CN)=C(\[O-])C(F)(F)F. The van der Waals surface area contributed by atoms with Crippen molar-refractivity contribution in [3.8, 4) is 28.4 Å². The van der Waals surface area contributed by atoms with Gasteiger partial charge in [-0.3, -0.25) is 0 Å². The summed E-state index contributed by atoms with van der Waals surface area (Å²) in [7, 11) is 1.67. The maximum absolute atomic E-state index is 11.9. The number of benzene rings is 3. The highest BCUT2D eigenvalue weighted by Crippen LogP contribution is 2.47. The number of unbranched alkanes of at least 4 members (excludes halogenated alkanes) is 5. The fraction of sp³-hybridized carbons (Fsp3) is 0.348. The Labute approximate surface area is 343 Å². The molecule has 0 amide bonds. The average Bonchev–Trinajstić information content (AvgIpc) is 3.87. The van der Waals surface area contributed by atoms with Crippen LogP contribution in [0.5, 0.6) is 5.75 Å². The normalized spacial score (nSPS) is 15.0. The first-order valence-corrected chi connectivity index (χ1v) is 19.9. The van der Waals surface area contributed by atoms with E-state index in [9.17, 15) is 23.1 Å². The van der Waals surface area contributed by atoms with Crippen LogP contribution >= 0.6 is 0 Å². The zero-order valence-corrected chi connectivity index (χ0v) is 34.3. The number of halogens is 3. The number of esters is 1. The Balaban J connectivity index is 0.000000405. The van der Waals surface area contributed by atoms with Crippen molar-refractivity contribution in [3.63, 3.8) is 0 Å². The first-order valence-electron chi connectivity index (χ1n) is 19.9. The number of nitrogens with two attached hydrogens (primary N) is 1. The van der Waals surface area contributed by atoms with Crippen LogP contribution in [0.25, 0.3) is 34.4 Å². The maximum Gasteiger partial charge on any atom is 0.403 e. The van der Waals surface area contributed by atoms with Crippen LogP contribution in [-0.2, 0) is 14.9 Å². The van der Waals surface area contributed by atoms with E-state index >= 15 is 0 Å². The van der Waals surface area contributed by atoms with Gasteiger partial charge in [0, 0.05) is 46.2 Å². The molecule has 0 radical (unpaired) electrons. The summed E-state index contributed by atoms with van der Waals surface area (Å²) in [5, 5.41) is 25.7. The number of hydrogen-bond donors (Lipinski definition) is 1. The minimum absolute atomic E-state index is 0.0792. The van der Waals surface area contributed by atoms with Crippen molar-refractivity contribution in [2.75, 3.05) is 31.7 Å². The fourth-order valence-corrected chi connectivity index (χ4v) is 7.15. The predicted molar refractivity (Wildman–Crippen MR) is 224 cm³/mol. The summed E-state index contributed by atoms with van der Waals surface area (Å²) < 4.78 is 47.2. The molecule has 0 fully saturated rings. The smallest absolute Gasteiger partial charge is 0.403 e. The highest BCUT2D eigenvalue weighted by Gasteiger charge is 2.39. The molecule has 3 heterocycles. The molecule has 59 heavy (non-hydrogen) atoms. The Morgan fingerprint density at radius 1 is 0.881 bits per heavy atom. The van der Waals surface area contributed by atoms with Crippen molar-refractivity contribution in [3.05, 3.63) is 125 Å². The number of para-hydroxylation sites is 2. The second kappa shape index (κ2) is 20.1. The molecular weight excluding hydrogens is 758 g/mol. The minimum atomic E-state index is -5.10. The Bertz CT molecular complexity index is 2330. The van der Waals surface area contributed by atoms with Crippen LogP contribution in [0.3, 0.4) is 0 Å². The number of nitrogens with zero attached hydrogens (tertiary/aromatic N) is 5. The van der Waals surface area contributed by atoms with Gasteiger partial charge >= 0.3 is 12.1 Å². The lowest BCUT2D eigenvalue weighted by atomic mass is 9.84. The van der Waals surface area contributed by atoms with Crippen LogP contribution in [0.15, 0.2) is 114 Å². The third-order valence-corrected chi connectivity index (χ3v) is 10.2. The van der Waals surface area contributed by atoms with Gasteiger partial charge in [-0.05, 0) is 55.0 Å². The summed E-state index contributed by atoms with van der Waals surface area (Å²) in [5.41, 5.74) is 11.2. The van der Waals surface area contributed by atoms with E-state index < -0.39 is 30.0 Å². The first kappa shape index (κ1) is 44.2. The van der Waals surface area contributed by atoms with Crippen LogP contribution in [0.1, 0.15) is 71.8 Å². The van der Waals surface area contributed by atoms with Gasteiger partial charge in [-0.1, -0.05) is 126 Å². The first-order chi connectivity index (χ1) is 28.4. The maximum atomic E-state index is 11.9. The number of allylic oxidation sites excluding steroid dienone is 5. The number of rotatable bonds is 15. The number of aromatic nitrogens is 4. The Kier molecular flexibility index (Phi) is 15.1. The lowest BCUT2D eigenvalue weighted by molar-refractivity contribution is -0.361. The zero-order valence-electron chi connectivity index (χ0n) is 34.3. The van der Waals surface area contributed by atoms with Crippen molar-refractivity contribution in [2.45, 2.75) is 77.8 Å². The van der Waals surface area contributed by atoms with Crippen molar-refractivity contribution < 1.29 is 32.5 Å². The third kappa shape index (κ3) is 10.2. The van der Waals surface area contributed by atoms with Crippen LogP contribution in [0, 0.1) is 0 Å². The van der Waals surface area contributed by atoms with Crippen LogP contribution < -0.4 is 25.7 Å². The number of ether oxygens (including phenoxy) is 2. The Morgan fingerprint density at radius 3 is 2.24 bits per heavy atom. The van der Waals surface area contributed by atoms with Crippen molar-refractivity contribution >= 4 is 23.4 Å². The van der Waals surface area contributed by atoms with Gasteiger partial charge in [0.05, 0.1) is 19.3 Å². The quantitative estimate of drug-likeness (QED) is 0.0481. The van der Waals surface area contributed by atoms with Gasteiger partial charge in [0.25, 0.3) is 0 Å². The summed E-state index contributed by atoms with van der Waals surface area (Å²) >= 11 is 0. The molecule has 2 aromatic heterocycles. The molecular formula is C46H52F3N6O4-. The molecule has 0 spiro atoms. The molecule has 0 bridgehead atoms. The molecule has 1 aliphatic rings. The largest absolute Gasteiger partial charge is 0.869 e. The number of alkyl halides is 3. The monoisotopic (exact) mass is 809 g/mol. The van der Waals surface area contributed by atoms with E-state index in [0.717, 1.165) is 34.3 Å². The zero-order chi connectivity index (χ0) is 42.6. The summed E-state index contributed by atoms with van der Waals surface area (Å²) in [6.07, 6.45) is 11.3. The molecule has 0 saturated carbocycles. The molecule has 6 rings (SSSR count). The second-order valence-electron chi connectivity index (χ2n) is 14.5. The van der Waals surface area contributed by atoms with Gasteiger partial charge in [0.1, 0.15) is 11.4 Å². The molecule has 0 unspecified atom stereocenters. The van der Waals surface area contributed by atoms with E-state index in [-0.39, 0.29) is 12.0 Å². The number of carbonyl (C=O) groups is 1. The fourth-order valence-electron chi connectivity index (χ4n) is 7.15. The third-order valence-electron chi connectivity index (χ3n) is 10.2. The lowest BCUT2D eigenvalue weighted by Gasteiger charge is -2.27. The topological polar surface area (TPSA) is 131 Å².